The normalized spacial score (nSPS) is 10.7. The molecule has 1 heterocycles. The van der Waals surface area contributed by atoms with Crippen molar-refractivity contribution >= 4 is 5.91 Å². The van der Waals surface area contributed by atoms with E-state index in [-0.39, 0.29) is 23.8 Å². The second-order valence-electron chi connectivity index (χ2n) is 5.82. The van der Waals surface area contributed by atoms with E-state index >= 15 is 0 Å². The van der Waals surface area contributed by atoms with Gasteiger partial charge >= 0.3 is 0 Å². The Morgan fingerprint density at radius 2 is 1.96 bits per heavy atom. The molecule has 0 bridgehead atoms. The monoisotopic (exact) mass is 331 g/mol. The number of likely N-dealkylation sites (N-methyl/N-ethyl adjacent to an activating group) is 1. The van der Waals surface area contributed by atoms with Crippen LogP contribution < -0.4 is 5.56 Å². The van der Waals surface area contributed by atoms with E-state index in [4.69, 9.17) is 0 Å². The lowest BCUT2D eigenvalue weighted by Crippen LogP contribution is -2.35. The topological polar surface area (TPSA) is 55.2 Å². The molecule has 0 spiro atoms. The summed E-state index contributed by atoms with van der Waals surface area (Å²) in [6.07, 6.45) is 1.90. The molecule has 0 unspecified atom stereocenters. The molecule has 5 nitrogen and oxygen atoms in total. The van der Waals surface area contributed by atoms with Crippen LogP contribution in [-0.2, 0) is 11.3 Å². The van der Waals surface area contributed by atoms with Crippen molar-refractivity contribution in [3.63, 3.8) is 0 Å². The van der Waals surface area contributed by atoms with Crippen LogP contribution in [0.25, 0.3) is 11.4 Å². The standard InChI is InChI=1S/C18H22FN3O2/c1-4-5-10-21(3)17(24)12-22-16(23)11-13(2)20-18(22)14-6-8-15(19)9-7-14/h6-9,11H,4-5,10,12H2,1-3H3. The maximum absolute atomic E-state index is 13.1. The van der Waals surface area contributed by atoms with Gasteiger partial charge in [-0.3, -0.25) is 14.2 Å². The summed E-state index contributed by atoms with van der Waals surface area (Å²) in [5.74, 6) is -0.146. The average Bonchev–Trinajstić information content (AvgIpc) is 2.55. The molecule has 0 N–H and O–H groups in total. The number of aromatic nitrogens is 2. The number of aryl methyl sites for hydroxylation is 1. The highest BCUT2D eigenvalue weighted by Gasteiger charge is 2.15. The van der Waals surface area contributed by atoms with Crippen molar-refractivity contribution in [1.82, 2.24) is 14.5 Å². The molecule has 0 aliphatic rings. The zero-order valence-electron chi connectivity index (χ0n) is 14.3. The summed E-state index contributed by atoms with van der Waals surface area (Å²) in [6.45, 7) is 4.33. The fraction of sp³-hybridized carbons (Fsp3) is 0.389. The van der Waals surface area contributed by atoms with E-state index in [2.05, 4.69) is 11.9 Å². The van der Waals surface area contributed by atoms with E-state index in [1.807, 2.05) is 0 Å². The number of benzene rings is 1. The second kappa shape index (κ2) is 7.86. The third-order valence-corrected chi connectivity index (χ3v) is 3.80. The first-order valence-corrected chi connectivity index (χ1v) is 8.00. The van der Waals surface area contributed by atoms with Crippen LogP contribution >= 0.6 is 0 Å². The Hall–Kier alpha value is -2.50. The molecule has 0 atom stereocenters. The first kappa shape index (κ1) is 17.8. The lowest BCUT2D eigenvalue weighted by atomic mass is 10.2. The van der Waals surface area contributed by atoms with Crippen molar-refractivity contribution in [1.29, 1.82) is 0 Å². The molecule has 24 heavy (non-hydrogen) atoms. The van der Waals surface area contributed by atoms with Crippen LogP contribution in [0.2, 0.25) is 0 Å². The number of halogens is 1. The number of rotatable bonds is 6. The van der Waals surface area contributed by atoms with Gasteiger partial charge in [-0.05, 0) is 37.6 Å². The number of hydrogen-bond donors (Lipinski definition) is 0. The van der Waals surface area contributed by atoms with Crippen LogP contribution in [0, 0.1) is 12.7 Å². The number of unbranched alkanes of at least 4 members (excludes halogenated alkanes) is 1. The summed E-state index contributed by atoms with van der Waals surface area (Å²) in [5.41, 5.74) is 0.864. The number of carbonyl (C=O) groups is 1. The smallest absolute Gasteiger partial charge is 0.254 e. The van der Waals surface area contributed by atoms with Crippen molar-refractivity contribution in [2.24, 2.45) is 0 Å². The zero-order chi connectivity index (χ0) is 17.7. The van der Waals surface area contributed by atoms with Gasteiger partial charge in [0.1, 0.15) is 18.2 Å². The minimum Gasteiger partial charge on any atom is -0.344 e. The van der Waals surface area contributed by atoms with Crippen LogP contribution in [0.4, 0.5) is 4.39 Å². The molecule has 0 aliphatic heterocycles. The Morgan fingerprint density at radius 1 is 1.29 bits per heavy atom. The predicted molar refractivity (Wildman–Crippen MR) is 91.2 cm³/mol. The molecule has 2 aromatic rings. The van der Waals surface area contributed by atoms with E-state index in [9.17, 15) is 14.0 Å². The van der Waals surface area contributed by atoms with Gasteiger partial charge in [-0.2, -0.15) is 0 Å². The molecular weight excluding hydrogens is 309 g/mol. The van der Waals surface area contributed by atoms with Crippen molar-refractivity contribution in [2.45, 2.75) is 33.2 Å². The van der Waals surface area contributed by atoms with Crippen molar-refractivity contribution < 1.29 is 9.18 Å². The Labute approximate surface area is 140 Å². The maximum Gasteiger partial charge on any atom is 0.254 e. The molecule has 6 heteroatoms. The number of amides is 1. The van der Waals surface area contributed by atoms with Crippen molar-refractivity contribution in [3.05, 3.63) is 52.2 Å². The highest BCUT2D eigenvalue weighted by molar-refractivity contribution is 5.76. The van der Waals surface area contributed by atoms with Gasteiger partial charge in [-0.25, -0.2) is 9.37 Å². The van der Waals surface area contributed by atoms with Gasteiger partial charge in [0.25, 0.3) is 5.56 Å². The summed E-state index contributed by atoms with van der Waals surface area (Å²) in [6, 6.07) is 7.12. The molecule has 0 saturated carbocycles. The molecular formula is C18H22FN3O2. The quantitative estimate of drug-likeness (QED) is 0.817. The first-order chi connectivity index (χ1) is 11.4. The molecule has 128 valence electrons. The SMILES string of the molecule is CCCCN(C)C(=O)Cn1c(-c2ccc(F)cc2)nc(C)cc1=O. The minimum atomic E-state index is -0.365. The molecule has 1 aromatic carbocycles. The second-order valence-corrected chi connectivity index (χ2v) is 5.82. The van der Waals surface area contributed by atoms with Crippen LogP contribution in [0.3, 0.4) is 0 Å². The van der Waals surface area contributed by atoms with Gasteiger partial charge in [-0.1, -0.05) is 13.3 Å². The summed E-state index contributed by atoms with van der Waals surface area (Å²) in [5, 5.41) is 0. The summed E-state index contributed by atoms with van der Waals surface area (Å²) in [4.78, 5) is 30.7. The van der Waals surface area contributed by atoms with Crippen molar-refractivity contribution in [2.75, 3.05) is 13.6 Å². The molecule has 2 rings (SSSR count). The number of carbonyl (C=O) groups excluding carboxylic acids is 1. The Balaban J connectivity index is 2.37. The van der Waals surface area contributed by atoms with Gasteiger partial charge in [0.05, 0.1) is 0 Å². The molecule has 0 fully saturated rings. The number of hydrogen-bond acceptors (Lipinski definition) is 3. The van der Waals surface area contributed by atoms with E-state index in [0.29, 0.717) is 23.6 Å². The van der Waals surface area contributed by atoms with Gasteiger partial charge in [0.15, 0.2) is 0 Å². The molecule has 0 saturated heterocycles. The predicted octanol–water partition coefficient (Wildman–Crippen LogP) is 2.62. The Morgan fingerprint density at radius 3 is 2.58 bits per heavy atom. The third-order valence-electron chi connectivity index (χ3n) is 3.80. The summed E-state index contributed by atoms with van der Waals surface area (Å²) < 4.78 is 14.5. The Bertz CT molecular complexity index is 769. The van der Waals surface area contributed by atoms with E-state index < -0.39 is 0 Å². The van der Waals surface area contributed by atoms with E-state index in [1.165, 1.54) is 22.8 Å². The maximum atomic E-state index is 13.1. The molecule has 0 radical (unpaired) electrons. The van der Waals surface area contributed by atoms with Crippen molar-refractivity contribution in [3.8, 4) is 11.4 Å². The van der Waals surface area contributed by atoms with Gasteiger partial charge in [0.2, 0.25) is 5.91 Å². The fourth-order valence-corrected chi connectivity index (χ4v) is 2.37. The van der Waals surface area contributed by atoms with Crippen LogP contribution in [-0.4, -0.2) is 34.0 Å². The highest BCUT2D eigenvalue weighted by Crippen LogP contribution is 2.17. The van der Waals surface area contributed by atoms with Gasteiger partial charge < -0.3 is 4.90 Å². The molecule has 1 aromatic heterocycles. The van der Waals surface area contributed by atoms with Gasteiger partial charge in [-0.15, -0.1) is 0 Å². The summed E-state index contributed by atoms with van der Waals surface area (Å²) in [7, 11) is 1.72. The average molecular weight is 331 g/mol. The molecule has 0 aliphatic carbocycles. The summed E-state index contributed by atoms with van der Waals surface area (Å²) >= 11 is 0. The van der Waals surface area contributed by atoms with Crippen LogP contribution in [0.1, 0.15) is 25.5 Å². The third kappa shape index (κ3) is 4.28. The number of nitrogens with zero attached hydrogens (tertiary/aromatic N) is 3. The van der Waals surface area contributed by atoms with E-state index in [1.54, 1.807) is 31.0 Å². The Kier molecular flexibility index (Phi) is 5.84. The minimum absolute atomic E-state index is 0.0843. The first-order valence-electron chi connectivity index (χ1n) is 8.00. The fourth-order valence-electron chi connectivity index (χ4n) is 2.37. The lowest BCUT2D eigenvalue weighted by Gasteiger charge is -2.19. The van der Waals surface area contributed by atoms with Gasteiger partial charge in [0, 0.05) is 30.9 Å². The van der Waals surface area contributed by atoms with E-state index in [0.717, 1.165) is 12.8 Å². The lowest BCUT2D eigenvalue weighted by molar-refractivity contribution is -0.130. The van der Waals surface area contributed by atoms with Crippen LogP contribution in [0.15, 0.2) is 35.1 Å². The largest absolute Gasteiger partial charge is 0.344 e. The highest BCUT2D eigenvalue weighted by atomic mass is 19.1. The zero-order valence-corrected chi connectivity index (χ0v) is 14.3. The molecule has 1 amide bonds. The van der Waals surface area contributed by atoms with Crippen LogP contribution in [0.5, 0.6) is 0 Å².